The van der Waals surface area contributed by atoms with Crippen LogP contribution >= 0.6 is 0 Å². The Morgan fingerprint density at radius 2 is 1.84 bits per heavy atom. The van der Waals surface area contributed by atoms with Gasteiger partial charge < -0.3 is 9.80 Å². The van der Waals surface area contributed by atoms with Crippen molar-refractivity contribution >= 4 is 18.1 Å². The van der Waals surface area contributed by atoms with Crippen LogP contribution in [0.1, 0.15) is 18.0 Å². The van der Waals surface area contributed by atoms with Crippen LogP contribution in [0.3, 0.4) is 0 Å². The summed E-state index contributed by atoms with van der Waals surface area (Å²) in [5.41, 5.74) is 1.12. The lowest BCUT2D eigenvalue weighted by molar-refractivity contribution is 0.139. The fourth-order valence-corrected chi connectivity index (χ4v) is 3.28. The Morgan fingerprint density at radius 3 is 2.56 bits per heavy atom. The molecule has 3 heterocycles. The van der Waals surface area contributed by atoms with Gasteiger partial charge in [0.25, 0.3) is 0 Å². The van der Waals surface area contributed by atoms with Gasteiger partial charge >= 0.3 is 6.03 Å². The zero-order chi connectivity index (χ0) is 17.1. The number of rotatable bonds is 2. The molecule has 2 aromatic rings. The van der Waals surface area contributed by atoms with Gasteiger partial charge in [-0.25, -0.2) is 14.8 Å². The maximum atomic E-state index is 12.9. The quantitative estimate of drug-likeness (QED) is 0.843. The van der Waals surface area contributed by atoms with Crippen molar-refractivity contribution in [1.82, 2.24) is 19.9 Å². The second-order valence-electron chi connectivity index (χ2n) is 6.13. The fraction of sp³-hybridized carbons (Fsp3) is 0.333. The van der Waals surface area contributed by atoms with Crippen molar-refractivity contribution in [3.63, 3.8) is 0 Å². The van der Waals surface area contributed by atoms with Crippen molar-refractivity contribution in [2.45, 2.75) is 12.5 Å². The van der Waals surface area contributed by atoms with Gasteiger partial charge in [0.2, 0.25) is 0 Å². The lowest BCUT2D eigenvalue weighted by Crippen LogP contribution is -2.52. The minimum Gasteiger partial charge on any atom is -0.352 e. The SMILES string of the molecule is O=C(N1CCN(c2cnccn2)CC1)N1N=CCC1c1ccccc1. The van der Waals surface area contributed by atoms with Crippen LogP contribution in [0, 0.1) is 0 Å². The number of anilines is 1. The first-order valence-electron chi connectivity index (χ1n) is 8.49. The van der Waals surface area contributed by atoms with Gasteiger partial charge in [0, 0.05) is 51.2 Å². The molecule has 1 aromatic heterocycles. The van der Waals surface area contributed by atoms with Gasteiger partial charge in [-0.3, -0.25) is 4.98 Å². The first kappa shape index (κ1) is 15.6. The maximum Gasteiger partial charge on any atom is 0.341 e. The molecule has 1 aromatic carbocycles. The van der Waals surface area contributed by atoms with E-state index in [2.05, 4.69) is 20.0 Å². The topological polar surface area (TPSA) is 64.9 Å². The number of aromatic nitrogens is 2. The van der Waals surface area contributed by atoms with Crippen molar-refractivity contribution in [3.8, 4) is 0 Å². The van der Waals surface area contributed by atoms with Gasteiger partial charge in [0.1, 0.15) is 5.82 Å². The van der Waals surface area contributed by atoms with Gasteiger partial charge in [-0.2, -0.15) is 5.10 Å². The summed E-state index contributed by atoms with van der Waals surface area (Å²) in [4.78, 5) is 25.4. The second kappa shape index (κ2) is 6.88. The number of urea groups is 1. The van der Waals surface area contributed by atoms with E-state index in [9.17, 15) is 4.79 Å². The summed E-state index contributed by atoms with van der Waals surface area (Å²) >= 11 is 0. The molecule has 7 nitrogen and oxygen atoms in total. The van der Waals surface area contributed by atoms with E-state index in [4.69, 9.17) is 0 Å². The highest BCUT2D eigenvalue weighted by Gasteiger charge is 2.33. The molecule has 4 rings (SSSR count). The molecule has 25 heavy (non-hydrogen) atoms. The number of hydrazone groups is 1. The molecule has 0 N–H and O–H groups in total. The molecule has 0 radical (unpaired) electrons. The van der Waals surface area contributed by atoms with E-state index in [1.165, 1.54) is 0 Å². The van der Waals surface area contributed by atoms with Crippen molar-refractivity contribution in [2.24, 2.45) is 5.10 Å². The standard InChI is InChI=1S/C18H20N6O/c25-18(24-16(6-7-21-24)15-4-2-1-3-5-15)23-12-10-22(11-13-23)17-14-19-8-9-20-17/h1-5,7-9,14,16H,6,10-13H2. The van der Waals surface area contributed by atoms with E-state index in [1.807, 2.05) is 41.4 Å². The lowest BCUT2D eigenvalue weighted by atomic mass is 10.1. The molecule has 1 saturated heterocycles. The molecule has 0 aliphatic carbocycles. The highest BCUT2D eigenvalue weighted by Crippen LogP contribution is 2.29. The predicted molar refractivity (Wildman–Crippen MR) is 95.3 cm³/mol. The van der Waals surface area contributed by atoms with Gasteiger partial charge in [0.15, 0.2) is 0 Å². The largest absolute Gasteiger partial charge is 0.352 e. The first-order chi connectivity index (χ1) is 12.3. The summed E-state index contributed by atoms with van der Waals surface area (Å²) in [6, 6.07) is 10.0. The van der Waals surface area contributed by atoms with Gasteiger partial charge in [-0.1, -0.05) is 30.3 Å². The summed E-state index contributed by atoms with van der Waals surface area (Å²) in [5.74, 6) is 0.857. The van der Waals surface area contributed by atoms with Gasteiger partial charge in [0.05, 0.1) is 12.2 Å². The Bertz CT molecular complexity index is 743. The lowest BCUT2D eigenvalue weighted by Gasteiger charge is -2.37. The summed E-state index contributed by atoms with van der Waals surface area (Å²) in [5, 5.41) is 5.95. The van der Waals surface area contributed by atoms with Gasteiger partial charge in [-0.15, -0.1) is 0 Å². The minimum absolute atomic E-state index is 0.00767. The van der Waals surface area contributed by atoms with E-state index >= 15 is 0 Å². The molecule has 7 heteroatoms. The number of carbonyl (C=O) groups excluding carboxylic acids is 1. The van der Waals surface area contributed by atoms with E-state index in [1.54, 1.807) is 23.6 Å². The molecule has 2 aliphatic heterocycles. The van der Waals surface area contributed by atoms with Gasteiger partial charge in [-0.05, 0) is 5.56 Å². The van der Waals surface area contributed by atoms with Crippen molar-refractivity contribution in [3.05, 3.63) is 54.5 Å². The Hall–Kier alpha value is -2.96. The number of nitrogens with zero attached hydrogens (tertiary/aromatic N) is 6. The molecule has 2 aliphatic rings. The highest BCUT2D eigenvalue weighted by atomic mass is 16.2. The van der Waals surface area contributed by atoms with E-state index in [0.717, 1.165) is 30.9 Å². The third-order valence-electron chi connectivity index (χ3n) is 4.63. The van der Waals surface area contributed by atoms with Crippen molar-refractivity contribution in [1.29, 1.82) is 0 Å². The number of benzene rings is 1. The smallest absolute Gasteiger partial charge is 0.341 e. The van der Waals surface area contributed by atoms with Crippen LogP contribution in [-0.4, -0.2) is 58.3 Å². The molecule has 1 unspecified atom stereocenters. The Balaban J connectivity index is 1.41. The average molecular weight is 336 g/mol. The highest BCUT2D eigenvalue weighted by molar-refractivity contribution is 5.78. The number of piperazine rings is 1. The number of amides is 2. The molecule has 0 saturated carbocycles. The zero-order valence-electron chi connectivity index (χ0n) is 13.9. The molecule has 2 amide bonds. The average Bonchev–Trinajstić information content (AvgIpc) is 3.19. The summed E-state index contributed by atoms with van der Waals surface area (Å²) in [6.45, 7) is 2.81. The van der Waals surface area contributed by atoms with Crippen molar-refractivity contribution < 1.29 is 4.79 Å². The van der Waals surface area contributed by atoms with Crippen LogP contribution in [0.2, 0.25) is 0 Å². The van der Waals surface area contributed by atoms with Crippen LogP contribution in [-0.2, 0) is 0 Å². The number of hydrogen-bond donors (Lipinski definition) is 0. The molecule has 0 spiro atoms. The minimum atomic E-state index is -0.0265. The molecular weight excluding hydrogens is 316 g/mol. The summed E-state index contributed by atoms with van der Waals surface area (Å²) < 4.78 is 0. The summed E-state index contributed by atoms with van der Waals surface area (Å²) in [7, 11) is 0. The summed E-state index contributed by atoms with van der Waals surface area (Å²) in [6.07, 6.45) is 7.70. The third-order valence-corrected chi connectivity index (χ3v) is 4.63. The van der Waals surface area contributed by atoms with Crippen LogP contribution in [0.5, 0.6) is 0 Å². The van der Waals surface area contributed by atoms with Crippen LogP contribution in [0.25, 0.3) is 0 Å². The van der Waals surface area contributed by atoms with Crippen LogP contribution in [0.4, 0.5) is 10.6 Å². The Kier molecular flexibility index (Phi) is 4.28. The zero-order valence-corrected chi connectivity index (χ0v) is 13.9. The molecule has 0 bridgehead atoms. The number of hydrogen-bond acceptors (Lipinski definition) is 5. The Labute approximate surface area is 146 Å². The molecule has 1 fully saturated rings. The predicted octanol–water partition coefficient (Wildman–Crippen LogP) is 2.15. The Morgan fingerprint density at radius 1 is 1.04 bits per heavy atom. The maximum absolute atomic E-state index is 12.9. The normalized spacial score (nSPS) is 20.2. The molecular formula is C18H20N6O. The van der Waals surface area contributed by atoms with E-state index < -0.39 is 0 Å². The first-order valence-corrected chi connectivity index (χ1v) is 8.49. The fourth-order valence-electron chi connectivity index (χ4n) is 3.28. The third kappa shape index (κ3) is 3.17. The molecule has 1 atom stereocenters. The van der Waals surface area contributed by atoms with Crippen LogP contribution < -0.4 is 4.90 Å². The van der Waals surface area contributed by atoms with Crippen LogP contribution in [0.15, 0.2) is 54.0 Å². The van der Waals surface area contributed by atoms with E-state index in [0.29, 0.717) is 13.1 Å². The van der Waals surface area contributed by atoms with E-state index in [-0.39, 0.29) is 12.1 Å². The van der Waals surface area contributed by atoms with Crippen molar-refractivity contribution in [2.75, 3.05) is 31.1 Å². The monoisotopic (exact) mass is 336 g/mol. The number of carbonyl (C=O) groups is 1. The molecule has 128 valence electrons. The second-order valence-corrected chi connectivity index (χ2v) is 6.13.